The predicted octanol–water partition coefficient (Wildman–Crippen LogP) is 0.0828. The molecule has 0 aliphatic heterocycles. The van der Waals surface area contributed by atoms with Crippen molar-refractivity contribution >= 4 is 0 Å². The van der Waals surface area contributed by atoms with Gasteiger partial charge >= 0.3 is 0 Å². The van der Waals surface area contributed by atoms with Crippen LogP contribution in [0.5, 0.6) is 0 Å². The Kier molecular flexibility index (Phi) is 4.33. The molecule has 0 aliphatic rings. The van der Waals surface area contributed by atoms with Crippen LogP contribution in [0.1, 0.15) is 0 Å². The van der Waals surface area contributed by atoms with Gasteiger partial charge < -0.3 is 0 Å². The molecule has 0 bridgehead atoms. The highest BCUT2D eigenvalue weighted by Gasteiger charge is 1.67. The molecule has 0 radical (unpaired) electrons. The van der Waals surface area contributed by atoms with Crippen molar-refractivity contribution in [3.05, 3.63) is 12.7 Å². The van der Waals surface area contributed by atoms with Crippen LogP contribution in [0.25, 0.3) is 0 Å². The van der Waals surface area contributed by atoms with Gasteiger partial charge in [0.25, 0.3) is 0 Å². The van der Waals surface area contributed by atoms with Gasteiger partial charge in [-0.25, -0.2) is 0 Å². The fourth-order valence-electron chi connectivity index (χ4n) is 0.0962. The molecule has 0 saturated carbocycles. The summed E-state index contributed by atoms with van der Waals surface area (Å²) in [5, 5.41) is 7.68. The highest BCUT2D eigenvalue weighted by molar-refractivity contribution is 4.62. The van der Waals surface area contributed by atoms with Crippen LogP contribution in [0.4, 0.5) is 0 Å². The van der Waals surface area contributed by atoms with E-state index in [4.69, 9.17) is 5.21 Å². The van der Waals surface area contributed by atoms with Gasteiger partial charge in [0.15, 0.2) is 0 Å². The lowest BCUT2D eigenvalue weighted by molar-refractivity contribution is -0.116. The minimum atomic E-state index is 0.316. The third kappa shape index (κ3) is 3.62. The molecule has 0 aliphatic carbocycles. The smallest absolute Gasteiger partial charge is 0.0888 e. The predicted molar refractivity (Wildman–Crippen MR) is 21.1 cm³/mol. The standard InChI is InChI=1S/C3H7NO2/c1-2-3-6-4-5/h2,4-5H,1,3H2. The first-order chi connectivity index (χ1) is 2.91. The van der Waals surface area contributed by atoms with Crippen LogP contribution in [0.2, 0.25) is 0 Å². The summed E-state index contributed by atoms with van der Waals surface area (Å²) < 4.78 is 0. The Morgan fingerprint density at radius 3 is 2.83 bits per heavy atom. The summed E-state index contributed by atoms with van der Waals surface area (Å²) in [6, 6.07) is 0. The summed E-state index contributed by atoms with van der Waals surface area (Å²) in [5.41, 5.74) is 1.50. The molecular weight excluding hydrogens is 82.0 g/mol. The second kappa shape index (κ2) is 4.62. The first-order valence-electron chi connectivity index (χ1n) is 1.53. The average molecular weight is 89.1 g/mol. The van der Waals surface area contributed by atoms with Gasteiger partial charge in [0.1, 0.15) is 0 Å². The molecule has 0 fully saturated rings. The van der Waals surface area contributed by atoms with Crippen molar-refractivity contribution in [3.63, 3.8) is 0 Å². The van der Waals surface area contributed by atoms with E-state index >= 15 is 0 Å². The summed E-state index contributed by atoms with van der Waals surface area (Å²) in [4.78, 5) is 4.17. The number of nitrogens with one attached hydrogen (secondary N) is 1. The number of hydrogen-bond donors (Lipinski definition) is 2. The number of hydrogen-bond acceptors (Lipinski definition) is 3. The van der Waals surface area contributed by atoms with Crippen molar-refractivity contribution in [1.29, 1.82) is 0 Å². The highest BCUT2D eigenvalue weighted by Crippen LogP contribution is 1.61. The minimum Gasteiger partial charge on any atom is -0.292 e. The molecule has 0 aromatic heterocycles. The van der Waals surface area contributed by atoms with Gasteiger partial charge in [-0.15, -0.1) is 6.58 Å². The molecule has 0 aromatic carbocycles. The monoisotopic (exact) mass is 89.0 g/mol. The molecule has 3 nitrogen and oxygen atoms in total. The zero-order chi connectivity index (χ0) is 4.83. The summed E-state index contributed by atoms with van der Waals surface area (Å²) >= 11 is 0. The van der Waals surface area contributed by atoms with Gasteiger partial charge in [-0.05, 0) is 0 Å². The fourth-order valence-corrected chi connectivity index (χ4v) is 0.0962. The Bertz CT molecular complexity index is 37.8. The molecule has 0 unspecified atom stereocenters. The van der Waals surface area contributed by atoms with Crippen LogP contribution in [0, 0.1) is 0 Å². The van der Waals surface area contributed by atoms with E-state index in [1.165, 1.54) is 11.7 Å². The van der Waals surface area contributed by atoms with Gasteiger partial charge in [-0.2, -0.15) is 0 Å². The van der Waals surface area contributed by atoms with Crippen molar-refractivity contribution in [2.45, 2.75) is 0 Å². The maximum Gasteiger partial charge on any atom is 0.0888 e. The summed E-state index contributed by atoms with van der Waals surface area (Å²) in [6.45, 7) is 3.64. The second-order valence-electron chi connectivity index (χ2n) is 0.691. The molecule has 0 aromatic rings. The molecule has 0 rings (SSSR count). The number of rotatable bonds is 3. The van der Waals surface area contributed by atoms with Gasteiger partial charge in [-0.3, -0.25) is 10.0 Å². The average Bonchev–Trinajstić information content (AvgIpc) is 1.61. The molecule has 0 amide bonds. The van der Waals surface area contributed by atoms with Gasteiger partial charge in [0.2, 0.25) is 0 Å². The lowest BCUT2D eigenvalue weighted by Gasteiger charge is -1.88. The van der Waals surface area contributed by atoms with E-state index in [0.29, 0.717) is 6.61 Å². The van der Waals surface area contributed by atoms with E-state index in [9.17, 15) is 0 Å². The first-order valence-corrected chi connectivity index (χ1v) is 1.53. The van der Waals surface area contributed by atoms with Crippen molar-refractivity contribution in [2.75, 3.05) is 6.61 Å². The van der Waals surface area contributed by atoms with Crippen molar-refractivity contribution in [3.8, 4) is 0 Å². The topological polar surface area (TPSA) is 41.5 Å². The maximum absolute atomic E-state index is 7.68. The summed E-state index contributed by atoms with van der Waals surface area (Å²) in [6.07, 6.45) is 1.52. The van der Waals surface area contributed by atoms with E-state index in [0.717, 1.165) is 0 Å². The van der Waals surface area contributed by atoms with Crippen LogP contribution in [0.15, 0.2) is 12.7 Å². The van der Waals surface area contributed by atoms with Crippen LogP contribution in [-0.4, -0.2) is 11.8 Å². The Morgan fingerprint density at radius 1 is 2.00 bits per heavy atom. The maximum atomic E-state index is 7.68. The summed E-state index contributed by atoms with van der Waals surface area (Å²) in [5.74, 6) is 0. The van der Waals surface area contributed by atoms with Crippen LogP contribution >= 0.6 is 0 Å². The van der Waals surface area contributed by atoms with E-state index < -0.39 is 0 Å². The van der Waals surface area contributed by atoms with Gasteiger partial charge in [-0.1, -0.05) is 11.7 Å². The van der Waals surface area contributed by atoms with E-state index in [-0.39, 0.29) is 0 Å². The van der Waals surface area contributed by atoms with E-state index in [1.54, 1.807) is 0 Å². The van der Waals surface area contributed by atoms with E-state index in [1.807, 2.05) is 0 Å². The highest BCUT2D eigenvalue weighted by atomic mass is 16.8. The van der Waals surface area contributed by atoms with Crippen molar-refractivity contribution in [1.82, 2.24) is 5.64 Å². The molecule has 0 spiro atoms. The van der Waals surface area contributed by atoms with Crippen molar-refractivity contribution < 1.29 is 10.0 Å². The first kappa shape index (κ1) is 5.62. The van der Waals surface area contributed by atoms with Gasteiger partial charge in [0, 0.05) is 0 Å². The minimum absolute atomic E-state index is 0.316. The molecular formula is C3H7NO2. The Balaban J connectivity index is 2.49. The molecule has 3 heteroatoms. The quantitative estimate of drug-likeness (QED) is 0.292. The van der Waals surface area contributed by atoms with E-state index in [2.05, 4.69) is 11.4 Å². The largest absolute Gasteiger partial charge is 0.292 e. The molecule has 0 heterocycles. The van der Waals surface area contributed by atoms with Crippen molar-refractivity contribution in [2.24, 2.45) is 0 Å². The zero-order valence-corrected chi connectivity index (χ0v) is 3.35. The SMILES string of the molecule is C=CCONO. The Morgan fingerprint density at radius 2 is 2.67 bits per heavy atom. The molecule has 6 heavy (non-hydrogen) atoms. The molecule has 0 saturated heterocycles. The lowest BCUT2D eigenvalue weighted by Crippen LogP contribution is -2.06. The fraction of sp³-hybridized carbons (Fsp3) is 0.333. The van der Waals surface area contributed by atoms with Crippen LogP contribution < -0.4 is 5.64 Å². The molecule has 2 N–H and O–H groups in total. The zero-order valence-electron chi connectivity index (χ0n) is 3.35. The van der Waals surface area contributed by atoms with Crippen LogP contribution in [0.3, 0.4) is 0 Å². The summed E-state index contributed by atoms with van der Waals surface area (Å²) in [7, 11) is 0. The third-order valence-corrected chi connectivity index (χ3v) is 0.266. The molecule has 0 atom stereocenters. The normalized spacial score (nSPS) is 8.17. The Hall–Kier alpha value is -0.380. The lowest BCUT2D eigenvalue weighted by atomic mass is 10.7. The van der Waals surface area contributed by atoms with Crippen LogP contribution in [-0.2, 0) is 4.84 Å². The molecule has 36 valence electrons. The van der Waals surface area contributed by atoms with Gasteiger partial charge in [0.05, 0.1) is 6.61 Å². The third-order valence-electron chi connectivity index (χ3n) is 0.266. The second-order valence-corrected chi connectivity index (χ2v) is 0.691. The Labute approximate surface area is 36.1 Å².